The highest BCUT2D eigenvalue weighted by atomic mass is 19.2. The van der Waals surface area contributed by atoms with Crippen LogP contribution in [-0.2, 0) is 12.8 Å². The Bertz CT molecular complexity index is 743. The fraction of sp³-hybridized carbons (Fsp3) is 0.235. The van der Waals surface area contributed by atoms with Gasteiger partial charge in [-0.3, -0.25) is 4.79 Å². The number of amides is 1. The Morgan fingerprint density at radius 3 is 2.41 bits per heavy atom. The standard InChI is InChI=1S/C17H14F3NO/c18-13-7-8-14(16(20)15(13)19)21-17(22)12-6-5-10-3-1-2-4-11(10)9-12/h5-9H,1-4H2,(H,21,22). The lowest BCUT2D eigenvalue weighted by molar-refractivity contribution is 0.102. The third-order valence-electron chi connectivity index (χ3n) is 3.89. The van der Waals surface area contributed by atoms with E-state index < -0.39 is 23.4 Å². The summed E-state index contributed by atoms with van der Waals surface area (Å²) < 4.78 is 39.6. The van der Waals surface area contributed by atoms with Crippen LogP contribution < -0.4 is 5.32 Å². The Morgan fingerprint density at radius 2 is 1.64 bits per heavy atom. The monoisotopic (exact) mass is 305 g/mol. The Kier molecular flexibility index (Phi) is 3.88. The van der Waals surface area contributed by atoms with E-state index in [1.165, 1.54) is 5.56 Å². The first-order valence-electron chi connectivity index (χ1n) is 7.13. The lowest BCUT2D eigenvalue weighted by Crippen LogP contribution is -2.15. The average molecular weight is 305 g/mol. The van der Waals surface area contributed by atoms with Crippen LogP contribution in [-0.4, -0.2) is 5.91 Å². The topological polar surface area (TPSA) is 29.1 Å². The second kappa shape index (κ2) is 5.83. The molecule has 0 aliphatic heterocycles. The fourth-order valence-corrected chi connectivity index (χ4v) is 2.69. The zero-order chi connectivity index (χ0) is 15.7. The molecule has 5 heteroatoms. The highest BCUT2D eigenvalue weighted by Crippen LogP contribution is 2.24. The minimum atomic E-state index is -1.59. The SMILES string of the molecule is O=C(Nc1ccc(F)c(F)c1F)c1ccc2c(c1)CCCC2. The molecular weight excluding hydrogens is 291 g/mol. The Morgan fingerprint density at radius 1 is 0.909 bits per heavy atom. The maximum atomic E-state index is 13.6. The van der Waals surface area contributed by atoms with Gasteiger partial charge in [0, 0.05) is 5.56 Å². The molecule has 114 valence electrons. The van der Waals surface area contributed by atoms with E-state index in [-0.39, 0.29) is 5.69 Å². The Hall–Kier alpha value is -2.30. The molecule has 0 aromatic heterocycles. The number of hydrogen-bond donors (Lipinski definition) is 1. The van der Waals surface area contributed by atoms with Crippen LogP contribution in [0.5, 0.6) is 0 Å². The zero-order valence-corrected chi connectivity index (χ0v) is 11.8. The van der Waals surface area contributed by atoms with Gasteiger partial charge in [0.1, 0.15) is 0 Å². The number of aryl methyl sites for hydroxylation is 2. The summed E-state index contributed by atoms with van der Waals surface area (Å²) in [6, 6.07) is 7.12. The second-order valence-corrected chi connectivity index (χ2v) is 5.37. The first-order valence-corrected chi connectivity index (χ1v) is 7.13. The van der Waals surface area contributed by atoms with Crippen molar-refractivity contribution in [3.63, 3.8) is 0 Å². The quantitative estimate of drug-likeness (QED) is 0.826. The first kappa shape index (κ1) is 14.6. The molecule has 0 fully saturated rings. The number of fused-ring (bicyclic) bond motifs is 1. The molecule has 3 rings (SSSR count). The van der Waals surface area contributed by atoms with Gasteiger partial charge >= 0.3 is 0 Å². The summed E-state index contributed by atoms with van der Waals surface area (Å²) in [7, 11) is 0. The lowest BCUT2D eigenvalue weighted by Gasteiger charge is -2.16. The number of benzene rings is 2. The van der Waals surface area contributed by atoms with Gasteiger partial charge < -0.3 is 5.32 Å². The molecule has 0 bridgehead atoms. The van der Waals surface area contributed by atoms with Crippen LogP contribution in [0.15, 0.2) is 30.3 Å². The van der Waals surface area contributed by atoms with Gasteiger partial charge in [0.15, 0.2) is 17.5 Å². The van der Waals surface area contributed by atoms with Crippen molar-refractivity contribution in [3.05, 3.63) is 64.5 Å². The van der Waals surface area contributed by atoms with E-state index in [0.29, 0.717) is 5.56 Å². The highest BCUT2D eigenvalue weighted by Gasteiger charge is 2.17. The van der Waals surface area contributed by atoms with Crippen molar-refractivity contribution >= 4 is 11.6 Å². The van der Waals surface area contributed by atoms with E-state index in [1.807, 2.05) is 6.07 Å². The number of carbonyl (C=O) groups is 1. The predicted octanol–water partition coefficient (Wildman–Crippen LogP) is 4.24. The molecule has 1 amide bonds. The van der Waals surface area contributed by atoms with Gasteiger partial charge in [0.05, 0.1) is 5.69 Å². The van der Waals surface area contributed by atoms with E-state index in [0.717, 1.165) is 43.4 Å². The largest absolute Gasteiger partial charge is 0.319 e. The third-order valence-corrected chi connectivity index (χ3v) is 3.89. The summed E-state index contributed by atoms with van der Waals surface area (Å²) in [6.07, 6.45) is 4.12. The summed E-state index contributed by atoms with van der Waals surface area (Å²) >= 11 is 0. The molecule has 0 unspecified atom stereocenters. The van der Waals surface area contributed by atoms with Crippen LogP contribution in [0.3, 0.4) is 0 Å². The number of halogens is 3. The maximum Gasteiger partial charge on any atom is 0.255 e. The summed E-state index contributed by atoms with van der Waals surface area (Å²) in [5, 5.41) is 2.28. The second-order valence-electron chi connectivity index (χ2n) is 5.37. The van der Waals surface area contributed by atoms with Gasteiger partial charge in [-0.05, 0) is 61.1 Å². The van der Waals surface area contributed by atoms with E-state index in [1.54, 1.807) is 12.1 Å². The minimum absolute atomic E-state index is 0.373. The molecule has 0 saturated heterocycles. The normalized spacial score (nSPS) is 13.6. The van der Waals surface area contributed by atoms with Gasteiger partial charge in [-0.2, -0.15) is 0 Å². The number of anilines is 1. The summed E-state index contributed by atoms with van der Waals surface area (Å²) in [5.41, 5.74) is 2.35. The summed E-state index contributed by atoms with van der Waals surface area (Å²) in [4.78, 5) is 12.2. The summed E-state index contributed by atoms with van der Waals surface area (Å²) in [6.45, 7) is 0. The van der Waals surface area contributed by atoms with Gasteiger partial charge in [-0.15, -0.1) is 0 Å². The number of carbonyl (C=O) groups excluding carboxylic acids is 1. The zero-order valence-electron chi connectivity index (χ0n) is 11.8. The molecule has 1 aliphatic rings. The molecule has 0 saturated carbocycles. The van der Waals surface area contributed by atoms with Crippen LogP contribution in [0.4, 0.5) is 18.9 Å². The van der Waals surface area contributed by atoms with Crippen molar-refractivity contribution in [3.8, 4) is 0 Å². The highest BCUT2D eigenvalue weighted by molar-refractivity contribution is 6.04. The number of hydrogen-bond acceptors (Lipinski definition) is 1. The van der Waals surface area contributed by atoms with Crippen LogP contribution >= 0.6 is 0 Å². The third kappa shape index (κ3) is 2.71. The van der Waals surface area contributed by atoms with E-state index in [2.05, 4.69) is 5.32 Å². The van der Waals surface area contributed by atoms with Crippen molar-refractivity contribution in [2.24, 2.45) is 0 Å². The molecule has 2 nitrogen and oxygen atoms in total. The Balaban J connectivity index is 1.84. The molecule has 2 aromatic carbocycles. The van der Waals surface area contributed by atoms with E-state index >= 15 is 0 Å². The van der Waals surface area contributed by atoms with E-state index in [4.69, 9.17) is 0 Å². The van der Waals surface area contributed by atoms with Crippen molar-refractivity contribution in [1.29, 1.82) is 0 Å². The van der Waals surface area contributed by atoms with Crippen LogP contribution in [0, 0.1) is 17.5 Å². The maximum absolute atomic E-state index is 13.6. The lowest BCUT2D eigenvalue weighted by atomic mass is 9.90. The molecular formula is C17H14F3NO. The van der Waals surface area contributed by atoms with Gasteiger partial charge in [-0.25, -0.2) is 13.2 Å². The van der Waals surface area contributed by atoms with Gasteiger partial charge in [0.2, 0.25) is 0 Å². The number of nitrogens with one attached hydrogen (secondary N) is 1. The molecule has 0 spiro atoms. The van der Waals surface area contributed by atoms with Crippen LogP contribution in [0.25, 0.3) is 0 Å². The van der Waals surface area contributed by atoms with Gasteiger partial charge in [0.25, 0.3) is 5.91 Å². The minimum Gasteiger partial charge on any atom is -0.319 e. The van der Waals surface area contributed by atoms with Crippen LogP contribution in [0.2, 0.25) is 0 Å². The van der Waals surface area contributed by atoms with Crippen molar-refractivity contribution < 1.29 is 18.0 Å². The van der Waals surface area contributed by atoms with Gasteiger partial charge in [-0.1, -0.05) is 6.07 Å². The molecule has 1 aliphatic carbocycles. The molecule has 0 radical (unpaired) electrons. The molecule has 1 N–H and O–H groups in total. The van der Waals surface area contributed by atoms with Crippen molar-refractivity contribution in [2.75, 3.05) is 5.32 Å². The molecule has 22 heavy (non-hydrogen) atoms. The molecule has 2 aromatic rings. The molecule has 0 atom stereocenters. The van der Waals surface area contributed by atoms with Crippen molar-refractivity contribution in [1.82, 2.24) is 0 Å². The number of rotatable bonds is 2. The summed E-state index contributed by atoms with van der Waals surface area (Å²) in [5.74, 6) is -4.82. The Labute approximate surface area is 126 Å². The van der Waals surface area contributed by atoms with E-state index in [9.17, 15) is 18.0 Å². The van der Waals surface area contributed by atoms with Crippen LogP contribution in [0.1, 0.15) is 34.3 Å². The predicted molar refractivity (Wildman–Crippen MR) is 77.4 cm³/mol. The molecule has 0 heterocycles. The fourth-order valence-electron chi connectivity index (χ4n) is 2.69. The van der Waals surface area contributed by atoms with Crippen molar-refractivity contribution in [2.45, 2.75) is 25.7 Å². The average Bonchev–Trinajstić information content (AvgIpc) is 2.55. The first-order chi connectivity index (χ1) is 10.6. The smallest absolute Gasteiger partial charge is 0.255 e.